The highest BCUT2D eigenvalue weighted by atomic mass is 16.5. The van der Waals surface area contributed by atoms with Crippen LogP contribution in [-0.2, 0) is 24.3 Å². The number of amides is 2. The van der Waals surface area contributed by atoms with E-state index in [1.807, 2.05) is 61.6 Å². The van der Waals surface area contributed by atoms with Gasteiger partial charge in [0.1, 0.15) is 5.75 Å². The molecule has 3 aromatic carbocycles. The smallest absolute Gasteiger partial charge is 0.254 e. The number of fused-ring (bicyclic) bond motifs is 1. The quantitative estimate of drug-likeness (QED) is 0.535. The van der Waals surface area contributed by atoms with Crippen LogP contribution in [-0.4, -0.2) is 54.9 Å². The van der Waals surface area contributed by atoms with Crippen LogP contribution in [0.15, 0.2) is 78.9 Å². The third kappa shape index (κ3) is 7.92. The highest BCUT2D eigenvalue weighted by molar-refractivity contribution is 5.96. The Morgan fingerprint density at radius 3 is 2.38 bits per heavy atom. The molecule has 0 fully saturated rings. The molecule has 0 saturated carbocycles. The number of likely N-dealkylation sites (N-methyl/N-ethyl adjacent to an activating group) is 1. The summed E-state index contributed by atoms with van der Waals surface area (Å²) in [7, 11) is 1.85. The maximum absolute atomic E-state index is 13.7. The first-order chi connectivity index (χ1) is 18.1. The van der Waals surface area contributed by atoms with Crippen molar-refractivity contribution in [2.75, 3.05) is 33.3 Å². The lowest BCUT2D eigenvalue weighted by molar-refractivity contribution is -0.122. The summed E-state index contributed by atoms with van der Waals surface area (Å²) in [5, 5.41) is 3.05. The fourth-order valence-corrected chi connectivity index (χ4v) is 4.62. The second-order valence-electron chi connectivity index (χ2n) is 9.63. The maximum Gasteiger partial charge on any atom is 0.254 e. The van der Waals surface area contributed by atoms with E-state index in [9.17, 15) is 9.59 Å². The number of nitrogens with zero attached hydrogens (tertiary/aromatic N) is 2. The molecule has 0 radical (unpaired) electrons. The van der Waals surface area contributed by atoms with E-state index < -0.39 is 0 Å². The summed E-state index contributed by atoms with van der Waals surface area (Å²) in [6, 6.07) is 26.0. The molecule has 0 spiro atoms. The number of benzene rings is 3. The van der Waals surface area contributed by atoms with Gasteiger partial charge in [0.05, 0.1) is 13.2 Å². The Bertz CT molecular complexity index is 1150. The van der Waals surface area contributed by atoms with Crippen LogP contribution in [0.3, 0.4) is 0 Å². The second-order valence-corrected chi connectivity index (χ2v) is 9.63. The van der Waals surface area contributed by atoms with E-state index in [0.29, 0.717) is 38.3 Å². The fourth-order valence-electron chi connectivity index (χ4n) is 4.62. The highest BCUT2D eigenvalue weighted by Gasteiger charge is 2.23. The van der Waals surface area contributed by atoms with Crippen LogP contribution >= 0.6 is 0 Å². The number of carbonyl (C=O) groups is 2. The summed E-state index contributed by atoms with van der Waals surface area (Å²) in [5.74, 6) is 0.686. The van der Waals surface area contributed by atoms with E-state index in [1.165, 1.54) is 5.56 Å². The van der Waals surface area contributed by atoms with Crippen LogP contribution in [0.4, 0.5) is 0 Å². The maximum atomic E-state index is 13.7. The molecule has 6 heteroatoms. The van der Waals surface area contributed by atoms with Gasteiger partial charge in [-0.05, 0) is 48.9 Å². The minimum atomic E-state index is -0.0372. The number of carbonyl (C=O) groups excluding carboxylic acids is 2. The Morgan fingerprint density at radius 2 is 1.62 bits per heavy atom. The first kappa shape index (κ1) is 26.4. The van der Waals surface area contributed by atoms with Crippen LogP contribution in [0.25, 0.3) is 0 Å². The summed E-state index contributed by atoms with van der Waals surface area (Å²) in [6.07, 6.45) is 3.59. The SMILES string of the molecule is CN(CCc1ccccc1)C(=O)c1cccc2c1CN(Cc1ccccc1)CC(=O)NCCCCCO2. The standard InChI is InChI=1S/C31H37N3O3/c1-33(20-18-25-12-5-2-6-13-25)31(36)27-16-11-17-29-28(27)23-34(22-26-14-7-3-8-15-26)24-30(35)32-19-9-4-10-21-37-29/h2-3,5-8,11-17H,4,9-10,18-24H2,1H3,(H,32,35). The van der Waals surface area contributed by atoms with Gasteiger partial charge in [0.15, 0.2) is 0 Å². The monoisotopic (exact) mass is 499 g/mol. The van der Waals surface area contributed by atoms with Crippen LogP contribution < -0.4 is 10.1 Å². The van der Waals surface area contributed by atoms with Crippen LogP contribution in [0.1, 0.15) is 46.3 Å². The minimum Gasteiger partial charge on any atom is -0.493 e. The average Bonchev–Trinajstić information content (AvgIpc) is 2.93. The number of hydrogen-bond acceptors (Lipinski definition) is 4. The van der Waals surface area contributed by atoms with Crippen LogP contribution in [0.2, 0.25) is 0 Å². The van der Waals surface area contributed by atoms with E-state index in [0.717, 1.165) is 42.6 Å². The molecule has 0 bridgehead atoms. The zero-order valence-electron chi connectivity index (χ0n) is 21.7. The van der Waals surface area contributed by atoms with Crippen molar-refractivity contribution in [1.29, 1.82) is 0 Å². The van der Waals surface area contributed by atoms with Crippen molar-refractivity contribution in [1.82, 2.24) is 15.1 Å². The van der Waals surface area contributed by atoms with Crippen molar-refractivity contribution >= 4 is 11.8 Å². The Kier molecular flexibility index (Phi) is 9.72. The molecular weight excluding hydrogens is 462 g/mol. The average molecular weight is 500 g/mol. The minimum absolute atomic E-state index is 0.00133. The molecule has 194 valence electrons. The van der Waals surface area contributed by atoms with Crippen LogP contribution in [0.5, 0.6) is 5.75 Å². The first-order valence-corrected chi connectivity index (χ1v) is 13.2. The number of ether oxygens (including phenoxy) is 1. The normalized spacial score (nSPS) is 15.2. The predicted molar refractivity (Wildman–Crippen MR) is 146 cm³/mol. The van der Waals surface area contributed by atoms with Gasteiger partial charge < -0.3 is 15.0 Å². The third-order valence-electron chi connectivity index (χ3n) is 6.69. The van der Waals surface area contributed by atoms with E-state index in [1.54, 1.807) is 4.90 Å². The lowest BCUT2D eigenvalue weighted by Crippen LogP contribution is -2.37. The molecule has 1 heterocycles. The predicted octanol–water partition coefficient (Wildman–Crippen LogP) is 4.68. The highest BCUT2D eigenvalue weighted by Crippen LogP contribution is 2.27. The van der Waals surface area contributed by atoms with Gasteiger partial charge in [-0.3, -0.25) is 14.5 Å². The molecule has 1 aliphatic rings. The molecular formula is C31H37N3O3. The fraction of sp³-hybridized carbons (Fsp3) is 0.355. The van der Waals surface area contributed by atoms with Gasteiger partial charge in [-0.1, -0.05) is 66.7 Å². The van der Waals surface area contributed by atoms with Gasteiger partial charge in [0.2, 0.25) is 5.91 Å². The van der Waals surface area contributed by atoms with Gasteiger partial charge in [-0.2, -0.15) is 0 Å². The number of nitrogens with one attached hydrogen (secondary N) is 1. The summed E-state index contributed by atoms with van der Waals surface area (Å²) in [4.78, 5) is 30.3. The summed E-state index contributed by atoms with van der Waals surface area (Å²) in [5.41, 5.74) is 3.78. The van der Waals surface area contributed by atoms with Crippen molar-refractivity contribution in [3.8, 4) is 5.75 Å². The van der Waals surface area contributed by atoms with Crippen molar-refractivity contribution < 1.29 is 14.3 Å². The summed E-state index contributed by atoms with van der Waals surface area (Å²) >= 11 is 0. The molecule has 1 aliphatic heterocycles. The molecule has 0 aromatic heterocycles. The van der Waals surface area contributed by atoms with Gasteiger partial charge in [0, 0.05) is 44.4 Å². The third-order valence-corrected chi connectivity index (χ3v) is 6.69. The van der Waals surface area contributed by atoms with Gasteiger partial charge >= 0.3 is 0 Å². The molecule has 3 aromatic rings. The topological polar surface area (TPSA) is 61.9 Å². The van der Waals surface area contributed by atoms with Crippen molar-refractivity contribution in [2.24, 2.45) is 0 Å². The molecule has 0 atom stereocenters. The zero-order valence-corrected chi connectivity index (χ0v) is 21.7. The van der Waals surface area contributed by atoms with Gasteiger partial charge in [0.25, 0.3) is 5.91 Å². The molecule has 37 heavy (non-hydrogen) atoms. The Balaban J connectivity index is 1.60. The first-order valence-electron chi connectivity index (χ1n) is 13.2. The molecule has 0 aliphatic carbocycles. The molecule has 6 nitrogen and oxygen atoms in total. The van der Waals surface area contributed by atoms with E-state index >= 15 is 0 Å². The molecule has 0 unspecified atom stereocenters. The van der Waals surface area contributed by atoms with Crippen molar-refractivity contribution in [2.45, 2.75) is 38.8 Å². The molecule has 1 N–H and O–H groups in total. The second kappa shape index (κ2) is 13.6. The largest absolute Gasteiger partial charge is 0.493 e. The Hall–Kier alpha value is -3.64. The Labute approximate surface area is 220 Å². The molecule has 2 amide bonds. The van der Waals surface area contributed by atoms with Crippen LogP contribution in [0, 0.1) is 0 Å². The van der Waals surface area contributed by atoms with E-state index in [-0.39, 0.29) is 18.4 Å². The van der Waals surface area contributed by atoms with Gasteiger partial charge in [-0.15, -0.1) is 0 Å². The van der Waals surface area contributed by atoms with Gasteiger partial charge in [-0.25, -0.2) is 0 Å². The molecule has 0 saturated heterocycles. The lowest BCUT2D eigenvalue weighted by Gasteiger charge is -2.26. The summed E-state index contributed by atoms with van der Waals surface area (Å²) < 4.78 is 6.22. The zero-order chi connectivity index (χ0) is 25.9. The Morgan fingerprint density at radius 1 is 0.892 bits per heavy atom. The number of hydrogen-bond donors (Lipinski definition) is 1. The van der Waals surface area contributed by atoms with Crippen molar-refractivity contribution in [3.63, 3.8) is 0 Å². The summed E-state index contributed by atoms with van der Waals surface area (Å²) in [6.45, 7) is 3.15. The van der Waals surface area contributed by atoms with Crippen molar-refractivity contribution in [3.05, 3.63) is 101 Å². The van der Waals surface area contributed by atoms with E-state index in [2.05, 4.69) is 34.5 Å². The lowest BCUT2D eigenvalue weighted by atomic mass is 10.0. The number of rotatable bonds is 6. The van der Waals surface area contributed by atoms with E-state index in [4.69, 9.17) is 4.74 Å². The molecule has 4 rings (SSSR count).